The second kappa shape index (κ2) is 3.81. The summed E-state index contributed by atoms with van der Waals surface area (Å²) in [6, 6.07) is 1.37. The number of hydrogen-bond acceptors (Lipinski definition) is 5. The van der Waals surface area contributed by atoms with Crippen LogP contribution in [0.25, 0.3) is 0 Å². The molecule has 1 aromatic carbocycles. The quantitative estimate of drug-likeness (QED) is 0.790. The minimum Gasteiger partial charge on any atom is -0.508 e. The first-order valence-corrected chi connectivity index (χ1v) is 6.88. The molecule has 0 saturated carbocycles. The van der Waals surface area contributed by atoms with Gasteiger partial charge < -0.3 is 14.6 Å². The van der Waals surface area contributed by atoms with Crippen LogP contribution in [-0.4, -0.2) is 28.6 Å². The lowest BCUT2D eigenvalue weighted by molar-refractivity contribution is -0.148. The third-order valence-corrected chi connectivity index (χ3v) is 4.22. The van der Waals surface area contributed by atoms with Gasteiger partial charge in [-0.1, -0.05) is 0 Å². The van der Waals surface area contributed by atoms with E-state index in [0.717, 1.165) is 0 Å². The lowest BCUT2D eigenvalue weighted by Gasteiger charge is -2.21. The molecule has 1 N–H and O–H groups in total. The number of fused-ring (bicyclic) bond motifs is 5. The summed E-state index contributed by atoms with van der Waals surface area (Å²) in [5.41, 5.74) is 1.91. The van der Waals surface area contributed by atoms with E-state index in [1.165, 1.54) is 18.2 Å². The molecule has 1 heterocycles. The number of carbonyl (C=O) groups excluding carboxylic acids is 2. The largest absolute Gasteiger partial charge is 0.508 e. The lowest BCUT2D eigenvalue weighted by atomic mass is 9.88. The van der Waals surface area contributed by atoms with Gasteiger partial charge in [0, 0.05) is 23.1 Å². The normalized spacial score (nSPS) is 28.5. The summed E-state index contributed by atoms with van der Waals surface area (Å²) < 4.78 is 11.7. The molecule has 0 spiro atoms. The van der Waals surface area contributed by atoms with Gasteiger partial charge in [-0.3, -0.25) is 9.59 Å². The van der Waals surface area contributed by atoms with E-state index >= 15 is 0 Å². The Kier molecular flexibility index (Phi) is 2.31. The van der Waals surface area contributed by atoms with E-state index in [1.54, 1.807) is 0 Å². The summed E-state index contributed by atoms with van der Waals surface area (Å²) in [6.07, 6.45) is 2.35. The fraction of sp³-hybridized carbons (Fsp3) is 0.375. The number of aromatic hydroxyl groups is 1. The summed E-state index contributed by atoms with van der Waals surface area (Å²) in [5.74, 6) is -1.19. The minimum atomic E-state index is -0.713. The average molecular weight is 286 g/mol. The Morgan fingerprint density at radius 1 is 1.19 bits per heavy atom. The number of rotatable bonds is 0. The molecule has 2 unspecified atom stereocenters. The molecule has 0 amide bonds. The summed E-state index contributed by atoms with van der Waals surface area (Å²) in [6.45, 7) is 3.63. The van der Waals surface area contributed by atoms with Crippen LogP contribution in [0.5, 0.6) is 5.75 Å². The smallest absolute Gasteiger partial charge is 0.187 e. The van der Waals surface area contributed by atoms with Crippen LogP contribution < -0.4 is 0 Å². The maximum Gasteiger partial charge on any atom is 0.187 e. The van der Waals surface area contributed by atoms with Crippen molar-refractivity contribution in [1.82, 2.24) is 0 Å². The Morgan fingerprint density at radius 2 is 1.90 bits per heavy atom. The molecule has 1 saturated heterocycles. The van der Waals surface area contributed by atoms with Crippen LogP contribution in [0.1, 0.15) is 51.8 Å². The summed E-state index contributed by atoms with van der Waals surface area (Å²) in [4.78, 5) is 24.1. The second-order valence-electron chi connectivity index (χ2n) is 6.07. The predicted molar refractivity (Wildman–Crippen MR) is 72.4 cm³/mol. The van der Waals surface area contributed by atoms with Gasteiger partial charge in [0.25, 0.3) is 0 Å². The minimum absolute atomic E-state index is 0.00556. The van der Waals surface area contributed by atoms with Crippen molar-refractivity contribution in [2.45, 2.75) is 38.3 Å². The summed E-state index contributed by atoms with van der Waals surface area (Å²) in [5, 5.41) is 10.3. The van der Waals surface area contributed by atoms with Gasteiger partial charge in [0.1, 0.15) is 11.9 Å². The SMILES string of the molecule is CC1(C)OC2Cc3c4c(cc(O)c3C2O1)C(=O)C=CC4=O. The molecule has 5 nitrogen and oxygen atoms in total. The molecular weight excluding hydrogens is 272 g/mol. The maximum atomic E-state index is 12.1. The standard InChI is InChI=1S/C16H14O5/c1-16(2)20-12-6-8-13-7(9(17)3-4-10(13)18)5-11(19)14(8)15(12)21-16/h3-5,12,15,19H,6H2,1-2H3. The molecule has 5 heteroatoms. The molecule has 3 aliphatic rings. The first kappa shape index (κ1) is 12.7. The third-order valence-electron chi connectivity index (χ3n) is 4.22. The first-order chi connectivity index (χ1) is 9.87. The Labute approximate surface area is 121 Å². The topological polar surface area (TPSA) is 72.8 Å². The number of phenolic OH excluding ortho intramolecular Hbond substituents is 1. The van der Waals surface area contributed by atoms with E-state index < -0.39 is 11.9 Å². The number of carbonyl (C=O) groups is 2. The zero-order chi connectivity index (χ0) is 14.9. The van der Waals surface area contributed by atoms with Crippen LogP contribution in [-0.2, 0) is 15.9 Å². The Balaban J connectivity index is 1.93. The molecule has 1 aromatic rings. The van der Waals surface area contributed by atoms with Crippen molar-refractivity contribution in [3.63, 3.8) is 0 Å². The molecule has 1 aliphatic heterocycles. The highest BCUT2D eigenvalue weighted by Gasteiger charge is 2.49. The number of phenols is 1. The molecule has 1 fully saturated rings. The van der Waals surface area contributed by atoms with Crippen molar-refractivity contribution in [2.75, 3.05) is 0 Å². The predicted octanol–water partition coefficient (Wildman–Crippen LogP) is 2.08. The number of ether oxygens (including phenoxy) is 2. The van der Waals surface area contributed by atoms with Gasteiger partial charge in [-0.2, -0.15) is 0 Å². The lowest BCUT2D eigenvalue weighted by Crippen LogP contribution is -2.23. The highest BCUT2D eigenvalue weighted by Crippen LogP contribution is 2.50. The number of ketones is 2. The van der Waals surface area contributed by atoms with E-state index in [2.05, 4.69) is 0 Å². The Bertz CT molecular complexity index is 729. The highest BCUT2D eigenvalue weighted by molar-refractivity contribution is 6.23. The number of allylic oxidation sites excluding steroid dienone is 2. The van der Waals surface area contributed by atoms with Crippen molar-refractivity contribution < 1.29 is 24.2 Å². The van der Waals surface area contributed by atoms with Gasteiger partial charge in [0.2, 0.25) is 0 Å². The fourth-order valence-corrected chi connectivity index (χ4v) is 3.50. The van der Waals surface area contributed by atoms with Crippen LogP contribution in [0.15, 0.2) is 18.2 Å². The van der Waals surface area contributed by atoms with Crippen LogP contribution in [0, 0.1) is 0 Å². The van der Waals surface area contributed by atoms with Crippen molar-refractivity contribution in [3.05, 3.63) is 40.5 Å². The molecule has 0 aromatic heterocycles. The highest BCUT2D eigenvalue weighted by atomic mass is 16.8. The van der Waals surface area contributed by atoms with Gasteiger partial charge in [-0.25, -0.2) is 0 Å². The van der Waals surface area contributed by atoms with Crippen LogP contribution in [0.2, 0.25) is 0 Å². The Morgan fingerprint density at radius 3 is 2.67 bits per heavy atom. The number of hydrogen-bond donors (Lipinski definition) is 1. The van der Waals surface area contributed by atoms with Gasteiger partial charge in [-0.05, 0) is 37.6 Å². The average Bonchev–Trinajstić information content (AvgIpc) is 2.85. The summed E-state index contributed by atoms with van der Waals surface area (Å²) in [7, 11) is 0. The van der Waals surface area contributed by atoms with Gasteiger partial charge in [0.15, 0.2) is 17.4 Å². The molecule has 0 radical (unpaired) electrons. The third kappa shape index (κ3) is 1.65. The molecule has 0 bridgehead atoms. The van der Waals surface area contributed by atoms with Gasteiger partial charge >= 0.3 is 0 Å². The van der Waals surface area contributed by atoms with Crippen molar-refractivity contribution in [1.29, 1.82) is 0 Å². The zero-order valence-corrected chi connectivity index (χ0v) is 11.7. The number of benzene rings is 1. The zero-order valence-electron chi connectivity index (χ0n) is 11.7. The van der Waals surface area contributed by atoms with Crippen LogP contribution >= 0.6 is 0 Å². The van der Waals surface area contributed by atoms with E-state index in [9.17, 15) is 14.7 Å². The van der Waals surface area contributed by atoms with Gasteiger partial charge in [0.05, 0.1) is 6.10 Å². The van der Waals surface area contributed by atoms with Gasteiger partial charge in [-0.15, -0.1) is 0 Å². The van der Waals surface area contributed by atoms with E-state index in [1.807, 2.05) is 13.8 Å². The van der Waals surface area contributed by atoms with Crippen LogP contribution in [0.4, 0.5) is 0 Å². The molecular formula is C16H14O5. The second-order valence-corrected chi connectivity index (χ2v) is 6.07. The van der Waals surface area contributed by atoms with Crippen molar-refractivity contribution >= 4 is 11.6 Å². The monoisotopic (exact) mass is 286 g/mol. The van der Waals surface area contributed by atoms with E-state index in [0.29, 0.717) is 23.1 Å². The van der Waals surface area contributed by atoms with E-state index in [-0.39, 0.29) is 29.0 Å². The fourth-order valence-electron chi connectivity index (χ4n) is 3.50. The molecule has 2 atom stereocenters. The Hall–Kier alpha value is -1.98. The van der Waals surface area contributed by atoms with Crippen molar-refractivity contribution in [2.24, 2.45) is 0 Å². The maximum absolute atomic E-state index is 12.1. The molecule has 21 heavy (non-hydrogen) atoms. The first-order valence-electron chi connectivity index (χ1n) is 6.88. The summed E-state index contributed by atoms with van der Waals surface area (Å²) >= 11 is 0. The van der Waals surface area contributed by atoms with Crippen LogP contribution in [0.3, 0.4) is 0 Å². The molecule has 108 valence electrons. The van der Waals surface area contributed by atoms with E-state index in [4.69, 9.17) is 9.47 Å². The van der Waals surface area contributed by atoms with Crippen molar-refractivity contribution in [3.8, 4) is 5.75 Å². The molecule has 4 rings (SSSR count). The molecule has 2 aliphatic carbocycles.